The number of H-pyrrole nitrogens is 1. The number of aliphatic carboxylic acids is 1. The van der Waals surface area contributed by atoms with Crippen LogP contribution in [0.3, 0.4) is 0 Å². The maximum atomic E-state index is 12.9. The first-order valence-corrected chi connectivity index (χ1v) is 10.9. The van der Waals surface area contributed by atoms with Gasteiger partial charge in [0.15, 0.2) is 0 Å². The molecule has 34 heavy (non-hydrogen) atoms. The molecule has 1 amide bonds. The molecule has 0 saturated carbocycles. The Bertz CT molecular complexity index is 1330. The van der Waals surface area contributed by atoms with Gasteiger partial charge in [-0.1, -0.05) is 13.0 Å². The van der Waals surface area contributed by atoms with E-state index in [0.717, 1.165) is 27.8 Å². The van der Waals surface area contributed by atoms with Crippen LogP contribution in [0.25, 0.3) is 11.0 Å². The number of nitrogens with zero attached hydrogens (tertiary/aromatic N) is 4. The Morgan fingerprint density at radius 2 is 2.00 bits per heavy atom. The minimum Gasteiger partial charge on any atom is -0.481 e. The van der Waals surface area contributed by atoms with Crippen molar-refractivity contribution < 1.29 is 14.7 Å². The number of anilines is 3. The van der Waals surface area contributed by atoms with Crippen LogP contribution in [-0.2, 0) is 16.0 Å². The van der Waals surface area contributed by atoms with Crippen LogP contribution in [0.5, 0.6) is 0 Å². The van der Waals surface area contributed by atoms with E-state index in [2.05, 4.69) is 25.3 Å². The number of hydrogen-bond donors (Lipinski definition) is 3. The number of rotatable bonds is 8. The SMILES string of the molecule is Cc1ccncc1Nc1nc2ccc(CC(=O)N(C)c3ccc(C(C)CC(=O)O)nc3)cc2[nH]1. The number of likely N-dealkylation sites (N-methyl/N-ethyl adjacent to an activating group) is 1. The molecule has 3 aromatic heterocycles. The molecule has 0 fully saturated rings. The summed E-state index contributed by atoms with van der Waals surface area (Å²) in [7, 11) is 1.70. The molecule has 0 aliphatic rings. The summed E-state index contributed by atoms with van der Waals surface area (Å²) in [4.78, 5) is 41.6. The van der Waals surface area contributed by atoms with Gasteiger partial charge in [0.1, 0.15) is 0 Å². The monoisotopic (exact) mass is 458 g/mol. The minimum atomic E-state index is -0.866. The molecule has 9 heteroatoms. The number of benzene rings is 1. The Morgan fingerprint density at radius 3 is 2.71 bits per heavy atom. The van der Waals surface area contributed by atoms with Gasteiger partial charge in [-0.15, -0.1) is 0 Å². The number of hydrogen-bond acceptors (Lipinski definition) is 6. The first-order valence-electron chi connectivity index (χ1n) is 10.9. The maximum absolute atomic E-state index is 12.9. The van der Waals surface area contributed by atoms with Gasteiger partial charge in [0, 0.05) is 24.9 Å². The maximum Gasteiger partial charge on any atom is 0.304 e. The van der Waals surface area contributed by atoms with E-state index < -0.39 is 5.97 Å². The molecule has 1 atom stereocenters. The zero-order chi connectivity index (χ0) is 24.2. The number of aromatic amines is 1. The van der Waals surface area contributed by atoms with E-state index in [1.807, 2.05) is 38.1 Å². The average molecular weight is 459 g/mol. The molecule has 0 radical (unpaired) electrons. The van der Waals surface area contributed by atoms with Crippen LogP contribution in [-0.4, -0.2) is 44.0 Å². The second kappa shape index (κ2) is 9.70. The molecule has 0 saturated heterocycles. The number of imidazole rings is 1. The summed E-state index contributed by atoms with van der Waals surface area (Å²) in [5.41, 5.74) is 5.75. The van der Waals surface area contributed by atoms with Crippen molar-refractivity contribution in [1.82, 2.24) is 19.9 Å². The Balaban J connectivity index is 1.44. The van der Waals surface area contributed by atoms with Crippen molar-refractivity contribution >= 4 is 40.2 Å². The number of fused-ring (bicyclic) bond motifs is 1. The van der Waals surface area contributed by atoms with E-state index in [9.17, 15) is 9.59 Å². The molecule has 0 aliphatic carbocycles. The number of carbonyl (C=O) groups excluding carboxylic acids is 1. The Labute approximate surface area is 196 Å². The van der Waals surface area contributed by atoms with Gasteiger partial charge in [0.25, 0.3) is 0 Å². The van der Waals surface area contributed by atoms with E-state index in [0.29, 0.717) is 17.3 Å². The van der Waals surface area contributed by atoms with Crippen LogP contribution in [0.15, 0.2) is 55.0 Å². The Morgan fingerprint density at radius 1 is 1.18 bits per heavy atom. The van der Waals surface area contributed by atoms with Gasteiger partial charge < -0.3 is 20.3 Å². The lowest BCUT2D eigenvalue weighted by molar-refractivity contribution is -0.137. The van der Waals surface area contributed by atoms with Crippen molar-refractivity contribution in [1.29, 1.82) is 0 Å². The van der Waals surface area contributed by atoms with Crippen molar-refractivity contribution in [3.63, 3.8) is 0 Å². The second-order valence-electron chi connectivity index (χ2n) is 8.32. The highest BCUT2D eigenvalue weighted by Gasteiger charge is 2.16. The van der Waals surface area contributed by atoms with E-state index in [1.165, 1.54) is 0 Å². The van der Waals surface area contributed by atoms with Crippen molar-refractivity contribution in [3.05, 3.63) is 71.8 Å². The fourth-order valence-corrected chi connectivity index (χ4v) is 3.64. The summed E-state index contributed by atoms with van der Waals surface area (Å²) >= 11 is 0. The summed E-state index contributed by atoms with van der Waals surface area (Å²) in [6.45, 7) is 3.81. The lowest BCUT2D eigenvalue weighted by atomic mass is 10.0. The van der Waals surface area contributed by atoms with Gasteiger partial charge in [-0.3, -0.25) is 19.6 Å². The van der Waals surface area contributed by atoms with E-state index >= 15 is 0 Å². The number of amides is 1. The van der Waals surface area contributed by atoms with Gasteiger partial charge in [0.2, 0.25) is 11.9 Å². The number of carboxylic acid groups (broad SMARTS) is 1. The number of aromatic nitrogens is 4. The lowest BCUT2D eigenvalue weighted by Crippen LogP contribution is -2.28. The molecule has 1 aromatic carbocycles. The smallest absolute Gasteiger partial charge is 0.304 e. The molecule has 9 nitrogen and oxygen atoms in total. The predicted octanol–water partition coefficient (Wildman–Crippen LogP) is 4.19. The summed E-state index contributed by atoms with van der Waals surface area (Å²) in [5.74, 6) is -0.545. The first-order chi connectivity index (χ1) is 16.3. The van der Waals surface area contributed by atoms with E-state index in [1.54, 1.807) is 42.7 Å². The molecule has 4 aromatic rings. The topological polar surface area (TPSA) is 124 Å². The van der Waals surface area contributed by atoms with Gasteiger partial charge >= 0.3 is 5.97 Å². The van der Waals surface area contributed by atoms with Crippen LogP contribution in [0.4, 0.5) is 17.3 Å². The molecule has 3 N–H and O–H groups in total. The van der Waals surface area contributed by atoms with Crippen LogP contribution < -0.4 is 10.2 Å². The molecule has 0 spiro atoms. The Hall–Kier alpha value is -4.27. The number of carboxylic acids is 1. The zero-order valence-electron chi connectivity index (χ0n) is 19.2. The van der Waals surface area contributed by atoms with Crippen molar-refractivity contribution in [2.75, 3.05) is 17.3 Å². The predicted molar refractivity (Wildman–Crippen MR) is 130 cm³/mol. The van der Waals surface area contributed by atoms with Crippen LogP contribution in [0.1, 0.15) is 36.1 Å². The molecule has 1 unspecified atom stereocenters. The number of aryl methyl sites for hydroxylation is 1. The number of carbonyl (C=O) groups is 2. The minimum absolute atomic E-state index is 0.0102. The summed E-state index contributed by atoms with van der Waals surface area (Å²) in [6, 6.07) is 11.2. The number of nitrogens with one attached hydrogen (secondary N) is 2. The van der Waals surface area contributed by atoms with Crippen LogP contribution in [0.2, 0.25) is 0 Å². The zero-order valence-corrected chi connectivity index (χ0v) is 19.2. The van der Waals surface area contributed by atoms with Crippen molar-refractivity contribution in [3.8, 4) is 0 Å². The molecule has 0 bridgehead atoms. The van der Waals surface area contributed by atoms with Gasteiger partial charge in [-0.2, -0.15) is 0 Å². The van der Waals surface area contributed by atoms with Crippen molar-refractivity contribution in [2.24, 2.45) is 0 Å². The largest absolute Gasteiger partial charge is 0.481 e. The average Bonchev–Trinajstić information content (AvgIpc) is 3.21. The van der Waals surface area contributed by atoms with Crippen LogP contribution in [0, 0.1) is 6.92 Å². The molecule has 4 rings (SSSR count). The third kappa shape index (κ3) is 5.20. The van der Waals surface area contributed by atoms with Gasteiger partial charge in [-0.25, -0.2) is 4.98 Å². The quantitative estimate of drug-likeness (QED) is 0.362. The first kappa shape index (κ1) is 22.9. The molecule has 0 aliphatic heterocycles. The molecule has 3 heterocycles. The highest BCUT2D eigenvalue weighted by atomic mass is 16.4. The van der Waals surface area contributed by atoms with E-state index in [4.69, 9.17) is 5.11 Å². The van der Waals surface area contributed by atoms with Gasteiger partial charge in [0.05, 0.1) is 47.6 Å². The fourth-order valence-electron chi connectivity index (χ4n) is 3.64. The third-order valence-corrected chi connectivity index (χ3v) is 5.71. The normalized spacial score (nSPS) is 11.9. The number of pyridine rings is 2. The summed E-state index contributed by atoms with van der Waals surface area (Å²) in [5, 5.41) is 12.2. The fraction of sp³-hybridized carbons (Fsp3) is 0.240. The lowest BCUT2D eigenvalue weighted by Gasteiger charge is -2.18. The van der Waals surface area contributed by atoms with Crippen molar-refractivity contribution in [2.45, 2.75) is 32.6 Å². The highest BCUT2D eigenvalue weighted by molar-refractivity contribution is 5.94. The van der Waals surface area contributed by atoms with E-state index in [-0.39, 0.29) is 24.7 Å². The molecular weight excluding hydrogens is 432 g/mol. The summed E-state index contributed by atoms with van der Waals surface area (Å²) < 4.78 is 0. The Kier molecular flexibility index (Phi) is 6.53. The highest BCUT2D eigenvalue weighted by Crippen LogP contribution is 2.23. The third-order valence-electron chi connectivity index (χ3n) is 5.71. The summed E-state index contributed by atoms with van der Waals surface area (Å²) in [6.07, 6.45) is 5.31. The molecular formula is C25H26N6O3. The standard InChI is InChI=1S/C25H26N6O3/c1-15-8-9-26-14-22(15)30-25-28-20-6-4-17(11-21(20)29-25)12-23(32)31(3)18-5-7-19(27-13-18)16(2)10-24(33)34/h4-9,11,13-14,16H,10,12H2,1-3H3,(H,33,34)(H2,28,29,30). The molecule has 174 valence electrons. The van der Waals surface area contributed by atoms with Gasteiger partial charge in [-0.05, 0) is 48.4 Å². The second-order valence-corrected chi connectivity index (χ2v) is 8.32. The van der Waals surface area contributed by atoms with Crippen LogP contribution >= 0.6 is 0 Å².